The van der Waals surface area contributed by atoms with E-state index in [4.69, 9.17) is 0 Å². The second-order valence-corrected chi connectivity index (χ2v) is 6.91. The molecule has 108 valence electrons. The summed E-state index contributed by atoms with van der Waals surface area (Å²) in [5.74, 6) is 1.17. The topological polar surface area (TPSA) is 27.6 Å². The maximum Gasteiger partial charge on any atom is 0.193 e. The van der Waals surface area contributed by atoms with E-state index in [0.717, 1.165) is 0 Å². The molecule has 1 spiro atoms. The number of rotatable bonds is 1. The summed E-state index contributed by atoms with van der Waals surface area (Å²) < 4.78 is 0. The van der Waals surface area contributed by atoms with Crippen molar-refractivity contribution in [2.75, 3.05) is 20.1 Å². The fourth-order valence-corrected chi connectivity index (χ4v) is 3.98. The first kappa shape index (κ1) is 13.3. The monoisotopic (exact) mass is 263 g/mol. The van der Waals surface area contributed by atoms with Crippen molar-refractivity contribution in [2.45, 2.75) is 70.3 Å². The predicted molar refractivity (Wildman–Crippen MR) is 80.5 cm³/mol. The summed E-state index contributed by atoms with van der Waals surface area (Å²) in [7, 11) is 1.94. The summed E-state index contributed by atoms with van der Waals surface area (Å²) in [5.41, 5.74) is 0.607. The molecule has 3 heteroatoms. The summed E-state index contributed by atoms with van der Waals surface area (Å²) in [5, 5.41) is 3.62. The van der Waals surface area contributed by atoms with Gasteiger partial charge < -0.3 is 10.2 Å². The molecular formula is C16H29N3. The molecule has 0 unspecified atom stereocenters. The van der Waals surface area contributed by atoms with Crippen LogP contribution in [0.2, 0.25) is 0 Å². The molecule has 0 radical (unpaired) electrons. The Kier molecular flexibility index (Phi) is 3.99. The zero-order valence-electron chi connectivity index (χ0n) is 12.5. The van der Waals surface area contributed by atoms with E-state index < -0.39 is 0 Å². The van der Waals surface area contributed by atoms with Gasteiger partial charge in [-0.3, -0.25) is 4.99 Å². The van der Waals surface area contributed by atoms with E-state index in [-0.39, 0.29) is 0 Å². The largest absolute Gasteiger partial charge is 0.354 e. The van der Waals surface area contributed by atoms with Gasteiger partial charge in [0.2, 0.25) is 0 Å². The molecule has 3 aliphatic rings. The highest BCUT2D eigenvalue weighted by Gasteiger charge is 2.37. The van der Waals surface area contributed by atoms with Crippen LogP contribution in [-0.2, 0) is 0 Å². The van der Waals surface area contributed by atoms with Crippen LogP contribution in [0.4, 0.5) is 0 Å². The first-order chi connectivity index (χ1) is 9.31. The summed E-state index contributed by atoms with van der Waals surface area (Å²) >= 11 is 0. The van der Waals surface area contributed by atoms with Crippen molar-refractivity contribution in [3.63, 3.8) is 0 Å². The molecule has 3 fully saturated rings. The van der Waals surface area contributed by atoms with Crippen LogP contribution in [0.25, 0.3) is 0 Å². The molecule has 3 nitrogen and oxygen atoms in total. The lowest BCUT2D eigenvalue weighted by Crippen LogP contribution is -2.51. The molecule has 0 bridgehead atoms. The smallest absolute Gasteiger partial charge is 0.193 e. The zero-order valence-corrected chi connectivity index (χ0v) is 12.5. The van der Waals surface area contributed by atoms with Crippen LogP contribution in [0.3, 0.4) is 0 Å². The van der Waals surface area contributed by atoms with Crippen molar-refractivity contribution < 1.29 is 0 Å². The third-order valence-electron chi connectivity index (χ3n) is 5.25. The van der Waals surface area contributed by atoms with E-state index >= 15 is 0 Å². The fourth-order valence-electron chi connectivity index (χ4n) is 3.98. The van der Waals surface area contributed by atoms with E-state index in [1.54, 1.807) is 0 Å². The highest BCUT2D eigenvalue weighted by atomic mass is 15.3. The van der Waals surface area contributed by atoms with Crippen molar-refractivity contribution in [3.8, 4) is 0 Å². The van der Waals surface area contributed by atoms with Gasteiger partial charge in [0.15, 0.2) is 5.96 Å². The fraction of sp³-hybridized carbons (Fsp3) is 0.938. The van der Waals surface area contributed by atoms with Gasteiger partial charge in [-0.25, -0.2) is 0 Å². The second kappa shape index (κ2) is 5.72. The first-order valence-electron chi connectivity index (χ1n) is 8.30. The number of hydrogen-bond acceptors (Lipinski definition) is 1. The third kappa shape index (κ3) is 3.24. The first-order valence-corrected chi connectivity index (χ1v) is 8.30. The Labute approximate surface area is 117 Å². The minimum absolute atomic E-state index is 0.607. The molecule has 1 aliphatic heterocycles. The lowest BCUT2D eigenvalue weighted by atomic mass is 9.74. The Morgan fingerprint density at radius 3 is 2.37 bits per heavy atom. The van der Waals surface area contributed by atoms with Gasteiger partial charge in [0.1, 0.15) is 0 Å². The van der Waals surface area contributed by atoms with Crippen molar-refractivity contribution in [1.82, 2.24) is 10.2 Å². The molecule has 0 aromatic heterocycles. The maximum atomic E-state index is 4.52. The summed E-state index contributed by atoms with van der Waals surface area (Å²) in [6, 6.07) is 0.714. The van der Waals surface area contributed by atoms with E-state index in [1.165, 1.54) is 83.3 Å². The summed E-state index contributed by atoms with van der Waals surface area (Å²) in [4.78, 5) is 7.07. The minimum atomic E-state index is 0.607. The normalized spacial score (nSPS) is 28.3. The van der Waals surface area contributed by atoms with E-state index in [1.807, 2.05) is 7.05 Å². The number of aliphatic imine (C=N–C) groups is 1. The molecule has 0 aromatic rings. The summed E-state index contributed by atoms with van der Waals surface area (Å²) in [6.45, 7) is 2.45. The number of guanidine groups is 1. The van der Waals surface area contributed by atoms with Gasteiger partial charge in [-0.1, -0.05) is 25.7 Å². The number of piperidine rings is 1. The van der Waals surface area contributed by atoms with Crippen molar-refractivity contribution in [3.05, 3.63) is 0 Å². The quantitative estimate of drug-likeness (QED) is 0.581. The predicted octanol–water partition coefficient (Wildman–Crippen LogP) is 3.16. The van der Waals surface area contributed by atoms with E-state index in [0.29, 0.717) is 11.5 Å². The Morgan fingerprint density at radius 1 is 1.05 bits per heavy atom. The standard InChI is InChI=1S/C16H29N3/c1-17-15(18-14-7-8-14)19-12-6-11-16(13-19)9-4-2-3-5-10-16/h14H,2-13H2,1H3,(H,17,18). The molecule has 0 aromatic carbocycles. The second-order valence-electron chi connectivity index (χ2n) is 6.91. The zero-order chi connectivity index (χ0) is 13.1. The molecule has 1 N–H and O–H groups in total. The van der Waals surface area contributed by atoms with Gasteiger partial charge in [0, 0.05) is 26.2 Å². The molecule has 1 saturated heterocycles. The molecule has 1 heterocycles. The number of nitrogens with zero attached hydrogens (tertiary/aromatic N) is 2. The molecule has 2 saturated carbocycles. The molecule has 19 heavy (non-hydrogen) atoms. The molecular weight excluding hydrogens is 234 g/mol. The molecule has 0 amide bonds. The van der Waals surface area contributed by atoms with Gasteiger partial charge in [0.05, 0.1) is 0 Å². The van der Waals surface area contributed by atoms with Gasteiger partial charge in [-0.05, 0) is 43.9 Å². The van der Waals surface area contributed by atoms with Gasteiger partial charge in [-0.15, -0.1) is 0 Å². The maximum absolute atomic E-state index is 4.52. The summed E-state index contributed by atoms with van der Waals surface area (Å²) in [6.07, 6.45) is 14.2. The highest BCUT2D eigenvalue weighted by Crippen LogP contribution is 2.42. The van der Waals surface area contributed by atoms with Crippen LogP contribution in [0.5, 0.6) is 0 Å². The van der Waals surface area contributed by atoms with Crippen LogP contribution in [0.15, 0.2) is 4.99 Å². The third-order valence-corrected chi connectivity index (χ3v) is 5.25. The average molecular weight is 263 g/mol. The van der Waals surface area contributed by atoms with Gasteiger partial charge in [-0.2, -0.15) is 0 Å². The molecule has 2 aliphatic carbocycles. The minimum Gasteiger partial charge on any atom is -0.354 e. The Hall–Kier alpha value is -0.730. The Balaban J connectivity index is 1.65. The number of hydrogen-bond donors (Lipinski definition) is 1. The lowest BCUT2D eigenvalue weighted by Gasteiger charge is -2.44. The van der Waals surface area contributed by atoms with E-state index in [2.05, 4.69) is 15.2 Å². The molecule has 0 atom stereocenters. The Bertz CT molecular complexity index is 325. The average Bonchev–Trinajstić information content (AvgIpc) is 3.25. The Morgan fingerprint density at radius 2 is 1.74 bits per heavy atom. The van der Waals surface area contributed by atoms with Crippen molar-refractivity contribution in [1.29, 1.82) is 0 Å². The van der Waals surface area contributed by atoms with Crippen LogP contribution in [0, 0.1) is 5.41 Å². The number of nitrogens with one attached hydrogen (secondary N) is 1. The van der Waals surface area contributed by atoms with Gasteiger partial charge >= 0.3 is 0 Å². The lowest BCUT2D eigenvalue weighted by molar-refractivity contribution is 0.115. The SMILES string of the molecule is CN=C(NC1CC1)N1CCCC2(CCCCCC2)C1. The van der Waals surface area contributed by atoms with E-state index in [9.17, 15) is 0 Å². The number of likely N-dealkylation sites (tertiary alicyclic amines) is 1. The molecule has 3 rings (SSSR count). The van der Waals surface area contributed by atoms with Gasteiger partial charge in [0.25, 0.3) is 0 Å². The highest BCUT2D eigenvalue weighted by molar-refractivity contribution is 5.80. The van der Waals surface area contributed by atoms with Crippen LogP contribution in [0.1, 0.15) is 64.2 Å². The van der Waals surface area contributed by atoms with Crippen molar-refractivity contribution >= 4 is 5.96 Å². The van der Waals surface area contributed by atoms with Crippen LogP contribution >= 0.6 is 0 Å². The van der Waals surface area contributed by atoms with Crippen molar-refractivity contribution in [2.24, 2.45) is 10.4 Å². The van der Waals surface area contributed by atoms with Crippen LogP contribution < -0.4 is 5.32 Å². The van der Waals surface area contributed by atoms with Crippen LogP contribution in [-0.4, -0.2) is 37.0 Å².